The molecular weight excluding hydrogens is 597 g/mol. The second kappa shape index (κ2) is 47.9. The van der Waals surface area contributed by atoms with Crippen molar-refractivity contribution in [2.75, 3.05) is 26.4 Å². The van der Waals surface area contributed by atoms with Gasteiger partial charge >= 0.3 is 0 Å². The van der Waals surface area contributed by atoms with Gasteiger partial charge in [0.05, 0.1) is 0 Å². The van der Waals surface area contributed by atoms with E-state index in [-0.39, 0.29) is 0 Å². The summed E-state index contributed by atoms with van der Waals surface area (Å²) < 4.78 is 11.7. The molecule has 0 aliphatic rings. The van der Waals surface area contributed by atoms with Crippen molar-refractivity contribution in [2.45, 2.75) is 277 Å². The number of rotatable bonds is 46. The molecule has 0 spiro atoms. The molecule has 0 aromatic heterocycles. The van der Waals surface area contributed by atoms with Gasteiger partial charge in [-0.1, -0.05) is 258 Å². The first-order valence-corrected chi connectivity index (χ1v) is 23.6. The quantitative estimate of drug-likeness (QED) is 0.0591. The predicted molar refractivity (Wildman–Crippen MR) is 222 cm³/mol. The van der Waals surface area contributed by atoms with Crippen LogP contribution in [-0.2, 0) is 9.47 Å². The summed E-state index contributed by atoms with van der Waals surface area (Å²) in [5.74, 6) is 0. The zero-order chi connectivity index (χ0) is 35.2. The molecule has 0 fully saturated rings. The summed E-state index contributed by atoms with van der Waals surface area (Å²) in [4.78, 5) is 0. The first-order chi connectivity index (χ1) is 24.4. The zero-order valence-corrected chi connectivity index (χ0v) is 34.6. The van der Waals surface area contributed by atoms with Crippen molar-refractivity contribution >= 4 is 0 Å². The highest BCUT2D eigenvalue weighted by atomic mass is 16.5. The van der Waals surface area contributed by atoms with E-state index >= 15 is 0 Å². The summed E-state index contributed by atoms with van der Waals surface area (Å²) >= 11 is 0. The van der Waals surface area contributed by atoms with Crippen LogP contribution >= 0.6 is 0 Å². The van der Waals surface area contributed by atoms with Gasteiger partial charge in [0.15, 0.2) is 0 Å². The Morgan fingerprint density at radius 1 is 0.163 bits per heavy atom. The van der Waals surface area contributed by atoms with Gasteiger partial charge in [0.25, 0.3) is 0 Å². The Kier molecular flexibility index (Phi) is 47.8. The average Bonchev–Trinajstić information content (AvgIpc) is 3.11. The lowest BCUT2D eigenvalue weighted by Crippen LogP contribution is -2.03. The standard InChI is InChI=1S/C47H96O2/c1-3-5-7-9-11-13-15-17-19-21-23-25-27-29-31-33-35-37-39-41-44-48-46-43-47-49-45-42-40-38-36-34-32-30-28-26-24-22-20-18-16-14-12-10-8-6-4-2/h3-47H2,1-2H3. The summed E-state index contributed by atoms with van der Waals surface area (Å²) in [7, 11) is 0. The molecule has 0 rings (SSSR count). The summed E-state index contributed by atoms with van der Waals surface area (Å²) in [6.07, 6.45) is 58.6. The van der Waals surface area contributed by atoms with Crippen molar-refractivity contribution in [2.24, 2.45) is 0 Å². The van der Waals surface area contributed by atoms with Crippen LogP contribution in [0.3, 0.4) is 0 Å². The summed E-state index contributed by atoms with van der Waals surface area (Å²) in [6, 6.07) is 0. The Morgan fingerprint density at radius 3 is 0.490 bits per heavy atom. The van der Waals surface area contributed by atoms with Crippen LogP contribution in [0.1, 0.15) is 277 Å². The maximum absolute atomic E-state index is 5.84. The number of ether oxygens (including phenoxy) is 2. The molecule has 0 amide bonds. The van der Waals surface area contributed by atoms with Crippen molar-refractivity contribution in [1.29, 1.82) is 0 Å². The first-order valence-electron chi connectivity index (χ1n) is 23.6. The van der Waals surface area contributed by atoms with Gasteiger partial charge in [-0.05, 0) is 19.3 Å². The van der Waals surface area contributed by atoms with Crippen LogP contribution in [0.5, 0.6) is 0 Å². The Bertz CT molecular complexity index is 488. The molecule has 0 saturated heterocycles. The third-order valence-electron chi connectivity index (χ3n) is 10.9. The van der Waals surface area contributed by atoms with E-state index in [2.05, 4.69) is 13.8 Å². The predicted octanol–water partition coefficient (Wildman–Crippen LogP) is 17.1. The van der Waals surface area contributed by atoms with Crippen LogP contribution in [0.2, 0.25) is 0 Å². The molecule has 0 atom stereocenters. The van der Waals surface area contributed by atoms with E-state index < -0.39 is 0 Å². The van der Waals surface area contributed by atoms with Crippen LogP contribution in [0.25, 0.3) is 0 Å². The molecule has 0 unspecified atom stereocenters. The lowest BCUT2D eigenvalue weighted by molar-refractivity contribution is 0.0794. The van der Waals surface area contributed by atoms with E-state index in [0.29, 0.717) is 0 Å². The molecule has 0 saturated carbocycles. The molecule has 0 aromatic rings. The van der Waals surface area contributed by atoms with Gasteiger partial charge in [-0.15, -0.1) is 0 Å². The van der Waals surface area contributed by atoms with Gasteiger partial charge < -0.3 is 9.47 Å². The molecule has 2 nitrogen and oxygen atoms in total. The summed E-state index contributed by atoms with van der Waals surface area (Å²) in [6.45, 7) is 8.24. The van der Waals surface area contributed by atoms with Gasteiger partial charge in [0.1, 0.15) is 0 Å². The van der Waals surface area contributed by atoms with E-state index in [1.54, 1.807) is 0 Å². The second-order valence-electron chi connectivity index (χ2n) is 16.0. The Hall–Kier alpha value is -0.0800. The highest BCUT2D eigenvalue weighted by molar-refractivity contribution is 4.53. The van der Waals surface area contributed by atoms with Crippen LogP contribution < -0.4 is 0 Å². The maximum atomic E-state index is 5.84. The number of hydrogen-bond donors (Lipinski definition) is 0. The minimum atomic E-state index is 0.873. The smallest absolute Gasteiger partial charge is 0.0487 e. The second-order valence-corrected chi connectivity index (χ2v) is 16.0. The lowest BCUT2D eigenvalue weighted by Gasteiger charge is -2.06. The third kappa shape index (κ3) is 47.9. The Morgan fingerprint density at radius 2 is 0.306 bits per heavy atom. The Labute approximate surface area is 312 Å². The van der Waals surface area contributed by atoms with E-state index in [4.69, 9.17) is 9.47 Å². The molecule has 0 aliphatic carbocycles. The summed E-state index contributed by atoms with van der Waals surface area (Å²) in [5, 5.41) is 0. The van der Waals surface area contributed by atoms with E-state index in [9.17, 15) is 0 Å². The fourth-order valence-corrected chi connectivity index (χ4v) is 7.39. The van der Waals surface area contributed by atoms with Gasteiger partial charge in [0.2, 0.25) is 0 Å². The molecular formula is C47H96O2. The topological polar surface area (TPSA) is 18.5 Å². The highest BCUT2D eigenvalue weighted by Gasteiger charge is 1.98. The van der Waals surface area contributed by atoms with Crippen LogP contribution in [-0.4, -0.2) is 26.4 Å². The molecule has 0 bridgehead atoms. The first kappa shape index (κ1) is 48.9. The van der Waals surface area contributed by atoms with E-state index in [1.165, 1.54) is 257 Å². The zero-order valence-electron chi connectivity index (χ0n) is 34.6. The van der Waals surface area contributed by atoms with Crippen molar-refractivity contribution < 1.29 is 9.47 Å². The SMILES string of the molecule is CCCCCCCCCCCCCCCCCCCCCCOCCCOCCCCCCCCCCCCCCCCCCCCCC. The summed E-state index contributed by atoms with van der Waals surface area (Å²) in [5.41, 5.74) is 0. The van der Waals surface area contributed by atoms with Crippen molar-refractivity contribution in [3.05, 3.63) is 0 Å². The van der Waals surface area contributed by atoms with Gasteiger partial charge in [0, 0.05) is 26.4 Å². The largest absolute Gasteiger partial charge is 0.381 e. The fraction of sp³-hybridized carbons (Fsp3) is 1.00. The molecule has 0 radical (unpaired) electrons. The maximum Gasteiger partial charge on any atom is 0.0487 e. The molecule has 0 aromatic carbocycles. The van der Waals surface area contributed by atoms with Gasteiger partial charge in [-0.3, -0.25) is 0 Å². The Balaban J connectivity index is 3.04. The van der Waals surface area contributed by atoms with Crippen LogP contribution in [0, 0.1) is 0 Å². The molecule has 2 heteroatoms. The normalized spacial score (nSPS) is 11.6. The molecule has 49 heavy (non-hydrogen) atoms. The van der Waals surface area contributed by atoms with Crippen molar-refractivity contribution in [3.63, 3.8) is 0 Å². The highest BCUT2D eigenvalue weighted by Crippen LogP contribution is 2.16. The fourth-order valence-electron chi connectivity index (χ4n) is 7.39. The number of hydrogen-bond acceptors (Lipinski definition) is 2. The van der Waals surface area contributed by atoms with Gasteiger partial charge in [-0.25, -0.2) is 0 Å². The number of unbranched alkanes of at least 4 members (excludes halogenated alkanes) is 38. The van der Waals surface area contributed by atoms with E-state index in [0.717, 1.165) is 32.8 Å². The molecule has 0 heterocycles. The molecule has 0 N–H and O–H groups in total. The van der Waals surface area contributed by atoms with E-state index in [1.807, 2.05) is 0 Å². The van der Waals surface area contributed by atoms with Crippen molar-refractivity contribution in [1.82, 2.24) is 0 Å². The van der Waals surface area contributed by atoms with Crippen molar-refractivity contribution in [3.8, 4) is 0 Å². The van der Waals surface area contributed by atoms with Crippen LogP contribution in [0.4, 0.5) is 0 Å². The van der Waals surface area contributed by atoms with Gasteiger partial charge in [-0.2, -0.15) is 0 Å². The monoisotopic (exact) mass is 693 g/mol. The van der Waals surface area contributed by atoms with Crippen LogP contribution in [0.15, 0.2) is 0 Å². The molecule has 0 aliphatic heterocycles. The third-order valence-corrected chi connectivity index (χ3v) is 10.9. The molecule has 296 valence electrons. The minimum absolute atomic E-state index is 0.873. The lowest BCUT2D eigenvalue weighted by atomic mass is 10.0. The minimum Gasteiger partial charge on any atom is -0.381 e. The average molecular weight is 693 g/mol.